The van der Waals surface area contributed by atoms with Gasteiger partial charge in [-0.25, -0.2) is 0 Å². The molecule has 1 atom stereocenters. The van der Waals surface area contributed by atoms with Crippen LogP contribution in [0.3, 0.4) is 0 Å². The van der Waals surface area contributed by atoms with E-state index in [9.17, 15) is 10.2 Å². The first-order chi connectivity index (χ1) is 7.60. The molecule has 3 heteroatoms. The van der Waals surface area contributed by atoms with Crippen LogP contribution in [-0.4, -0.2) is 42.4 Å². The molecule has 3 nitrogen and oxygen atoms in total. The predicted molar refractivity (Wildman–Crippen MR) is 65.3 cm³/mol. The molecule has 16 heavy (non-hydrogen) atoms. The zero-order valence-corrected chi connectivity index (χ0v) is 10.2. The highest BCUT2D eigenvalue weighted by molar-refractivity contribution is 5.25. The number of aliphatic hydroxyl groups excluding tert-OH is 2. The van der Waals surface area contributed by atoms with Crippen molar-refractivity contribution >= 4 is 0 Å². The molecule has 0 saturated carbocycles. The summed E-state index contributed by atoms with van der Waals surface area (Å²) in [4.78, 5) is 2.03. The Morgan fingerprint density at radius 3 is 2.25 bits per heavy atom. The first-order valence-electron chi connectivity index (χ1n) is 5.54. The van der Waals surface area contributed by atoms with Crippen molar-refractivity contribution in [2.45, 2.75) is 13.0 Å². The standard InChI is InChI=1S/C13H21NO2/c1-10-5-4-6-11(7-10)13(14(2)3)12(8-15)9-16/h4-7,12-13,15-16H,8-9H2,1-3H3. The number of rotatable bonds is 5. The average molecular weight is 223 g/mol. The van der Waals surface area contributed by atoms with Crippen LogP contribution in [0.15, 0.2) is 24.3 Å². The van der Waals surface area contributed by atoms with E-state index < -0.39 is 0 Å². The van der Waals surface area contributed by atoms with Crippen molar-refractivity contribution in [1.29, 1.82) is 0 Å². The van der Waals surface area contributed by atoms with Crippen molar-refractivity contribution in [3.63, 3.8) is 0 Å². The van der Waals surface area contributed by atoms with Gasteiger partial charge in [0.15, 0.2) is 0 Å². The van der Waals surface area contributed by atoms with Gasteiger partial charge in [-0.1, -0.05) is 29.8 Å². The molecule has 0 aliphatic carbocycles. The SMILES string of the molecule is Cc1cccc(C(C(CO)CO)N(C)C)c1. The molecule has 0 aromatic heterocycles. The average Bonchev–Trinajstić information content (AvgIpc) is 2.24. The lowest BCUT2D eigenvalue weighted by molar-refractivity contribution is 0.0808. The third-order valence-corrected chi connectivity index (χ3v) is 2.86. The van der Waals surface area contributed by atoms with E-state index in [-0.39, 0.29) is 25.2 Å². The summed E-state index contributed by atoms with van der Waals surface area (Å²) in [5.41, 5.74) is 2.33. The molecule has 0 amide bonds. The molecule has 0 fully saturated rings. The van der Waals surface area contributed by atoms with Crippen molar-refractivity contribution < 1.29 is 10.2 Å². The van der Waals surface area contributed by atoms with Gasteiger partial charge in [-0.05, 0) is 26.6 Å². The van der Waals surface area contributed by atoms with Crippen LogP contribution in [-0.2, 0) is 0 Å². The van der Waals surface area contributed by atoms with Crippen LogP contribution < -0.4 is 0 Å². The topological polar surface area (TPSA) is 43.7 Å². The van der Waals surface area contributed by atoms with Gasteiger partial charge >= 0.3 is 0 Å². The Morgan fingerprint density at radius 1 is 1.19 bits per heavy atom. The molecule has 0 bridgehead atoms. The lowest BCUT2D eigenvalue weighted by atomic mass is 9.92. The number of benzene rings is 1. The Bertz CT molecular complexity index is 321. The van der Waals surface area contributed by atoms with Crippen molar-refractivity contribution in [2.24, 2.45) is 5.92 Å². The summed E-state index contributed by atoms with van der Waals surface area (Å²) in [5.74, 6) is -0.142. The van der Waals surface area contributed by atoms with Crippen LogP contribution in [0.25, 0.3) is 0 Å². The van der Waals surface area contributed by atoms with Crippen LogP contribution in [0.4, 0.5) is 0 Å². The van der Waals surface area contributed by atoms with Crippen LogP contribution in [0.2, 0.25) is 0 Å². The number of aryl methyl sites for hydroxylation is 1. The summed E-state index contributed by atoms with van der Waals surface area (Å²) >= 11 is 0. The van der Waals surface area contributed by atoms with Gasteiger partial charge in [-0.15, -0.1) is 0 Å². The van der Waals surface area contributed by atoms with Gasteiger partial charge in [-0.3, -0.25) is 0 Å². The molecule has 0 radical (unpaired) electrons. The minimum atomic E-state index is -0.142. The monoisotopic (exact) mass is 223 g/mol. The van der Waals surface area contributed by atoms with Gasteiger partial charge < -0.3 is 15.1 Å². The van der Waals surface area contributed by atoms with E-state index in [1.54, 1.807) is 0 Å². The molecular weight excluding hydrogens is 202 g/mol. The number of hydrogen-bond acceptors (Lipinski definition) is 3. The quantitative estimate of drug-likeness (QED) is 0.788. The lowest BCUT2D eigenvalue weighted by Gasteiger charge is -2.30. The summed E-state index contributed by atoms with van der Waals surface area (Å²) in [6, 6.07) is 8.24. The molecule has 1 rings (SSSR count). The second-order valence-corrected chi connectivity index (χ2v) is 4.45. The fourth-order valence-electron chi connectivity index (χ4n) is 2.10. The number of hydrogen-bond donors (Lipinski definition) is 2. The second kappa shape index (κ2) is 5.99. The summed E-state index contributed by atoms with van der Waals surface area (Å²) in [7, 11) is 3.93. The smallest absolute Gasteiger partial charge is 0.0499 e. The summed E-state index contributed by atoms with van der Waals surface area (Å²) in [6.45, 7) is 2.03. The summed E-state index contributed by atoms with van der Waals surface area (Å²) in [5, 5.41) is 18.6. The summed E-state index contributed by atoms with van der Waals surface area (Å²) in [6.07, 6.45) is 0. The molecule has 0 aliphatic rings. The maximum Gasteiger partial charge on any atom is 0.0499 e. The van der Waals surface area contributed by atoms with Crippen molar-refractivity contribution in [2.75, 3.05) is 27.3 Å². The highest BCUT2D eigenvalue weighted by Gasteiger charge is 2.23. The molecule has 90 valence electrons. The van der Waals surface area contributed by atoms with Crippen molar-refractivity contribution in [3.05, 3.63) is 35.4 Å². The normalized spacial score (nSPS) is 13.4. The van der Waals surface area contributed by atoms with E-state index in [2.05, 4.69) is 6.07 Å². The molecule has 0 aliphatic heterocycles. The molecule has 0 heterocycles. The van der Waals surface area contributed by atoms with Crippen molar-refractivity contribution in [1.82, 2.24) is 4.90 Å². The van der Waals surface area contributed by atoms with Crippen LogP contribution in [0, 0.1) is 12.8 Å². The van der Waals surface area contributed by atoms with E-state index in [1.807, 2.05) is 44.1 Å². The minimum absolute atomic E-state index is 0.00666. The van der Waals surface area contributed by atoms with E-state index in [0.717, 1.165) is 5.56 Å². The fourth-order valence-corrected chi connectivity index (χ4v) is 2.10. The Kier molecular flexibility index (Phi) is 4.93. The Hall–Kier alpha value is -0.900. The highest BCUT2D eigenvalue weighted by atomic mass is 16.3. The Balaban J connectivity index is 3.02. The van der Waals surface area contributed by atoms with E-state index in [4.69, 9.17) is 0 Å². The molecule has 1 aromatic rings. The number of nitrogens with zero attached hydrogens (tertiary/aromatic N) is 1. The Labute approximate surface area is 97.3 Å². The maximum absolute atomic E-state index is 9.29. The summed E-state index contributed by atoms with van der Waals surface area (Å²) < 4.78 is 0. The first kappa shape index (κ1) is 13.2. The first-order valence-corrected chi connectivity index (χ1v) is 5.54. The zero-order valence-electron chi connectivity index (χ0n) is 10.2. The zero-order chi connectivity index (χ0) is 12.1. The fraction of sp³-hybridized carbons (Fsp3) is 0.538. The lowest BCUT2D eigenvalue weighted by Crippen LogP contribution is -2.31. The highest BCUT2D eigenvalue weighted by Crippen LogP contribution is 2.26. The van der Waals surface area contributed by atoms with Gasteiger partial charge in [0, 0.05) is 25.2 Å². The Morgan fingerprint density at radius 2 is 1.81 bits per heavy atom. The van der Waals surface area contributed by atoms with E-state index in [0.29, 0.717) is 0 Å². The minimum Gasteiger partial charge on any atom is -0.396 e. The van der Waals surface area contributed by atoms with Crippen LogP contribution >= 0.6 is 0 Å². The third kappa shape index (κ3) is 3.04. The predicted octanol–water partition coefficient (Wildman–Crippen LogP) is 1.20. The molecule has 1 aromatic carbocycles. The molecule has 2 N–H and O–H groups in total. The third-order valence-electron chi connectivity index (χ3n) is 2.86. The van der Waals surface area contributed by atoms with Crippen molar-refractivity contribution in [3.8, 4) is 0 Å². The molecule has 0 spiro atoms. The molecular formula is C13H21NO2. The van der Waals surface area contributed by atoms with Gasteiger partial charge in [0.2, 0.25) is 0 Å². The van der Waals surface area contributed by atoms with Gasteiger partial charge in [0.05, 0.1) is 0 Å². The van der Waals surface area contributed by atoms with E-state index in [1.165, 1.54) is 5.56 Å². The van der Waals surface area contributed by atoms with Crippen LogP contribution in [0.1, 0.15) is 17.2 Å². The molecule has 0 saturated heterocycles. The van der Waals surface area contributed by atoms with E-state index >= 15 is 0 Å². The van der Waals surface area contributed by atoms with Crippen LogP contribution in [0.5, 0.6) is 0 Å². The second-order valence-electron chi connectivity index (χ2n) is 4.45. The van der Waals surface area contributed by atoms with Gasteiger partial charge in [-0.2, -0.15) is 0 Å². The largest absolute Gasteiger partial charge is 0.396 e. The van der Waals surface area contributed by atoms with Gasteiger partial charge in [0.25, 0.3) is 0 Å². The number of aliphatic hydroxyl groups is 2. The van der Waals surface area contributed by atoms with Gasteiger partial charge in [0.1, 0.15) is 0 Å². The molecule has 1 unspecified atom stereocenters. The maximum atomic E-state index is 9.29.